The van der Waals surface area contributed by atoms with Gasteiger partial charge in [-0.15, -0.1) is 0 Å². The van der Waals surface area contributed by atoms with Crippen molar-refractivity contribution in [2.24, 2.45) is 0 Å². The molecule has 20 heavy (non-hydrogen) atoms. The molecule has 2 rings (SSSR count). The van der Waals surface area contributed by atoms with Crippen molar-refractivity contribution in [1.29, 1.82) is 0 Å². The minimum Gasteiger partial charge on any atom is -0.383 e. The van der Waals surface area contributed by atoms with Crippen molar-refractivity contribution in [2.75, 3.05) is 19.0 Å². The monoisotopic (exact) mass is 274 g/mol. The van der Waals surface area contributed by atoms with Gasteiger partial charge in [-0.25, -0.2) is 4.98 Å². The van der Waals surface area contributed by atoms with Gasteiger partial charge in [-0.2, -0.15) is 0 Å². The number of rotatable bonds is 6. The minimum atomic E-state index is 0.244. The minimum absolute atomic E-state index is 0.244. The van der Waals surface area contributed by atoms with Crippen LogP contribution in [0.15, 0.2) is 24.5 Å². The van der Waals surface area contributed by atoms with Crippen LogP contribution in [0.4, 0.5) is 5.95 Å². The number of pyridine rings is 1. The summed E-state index contributed by atoms with van der Waals surface area (Å²) in [5.41, 5.74) is 3.21. The molecule has 108 valence electrons. The summed E-state index contributed by atoms with van der Waals surface area (Å²) in [6, 6.07) is 4.26. The molecule has 5 heteroatoms. The lowest BCUT2D eigenvalue weighted by atomic mass is 10.2. The molecule has 0 aliphatic heterocycles. The third-order valence-corrected chi connectivity index (χ3v) is 3.27. The number of imidazole rings is 1. The molecule has 1 atom stereocenters. The van der Waals surface area contributed by atoms with E-state index in [1.165, 1.54) is 5.56 Å². The molecular weight excluding hydrogens is 252 g/mol. The molecule has 1 N–H and O–H groups in total. The number of nitrogens with zero attached hydrogens (tertiary/aromatic N) is 3. The Kier molecular flexibility index (Phi) is 4.74. The summed E-state index contributed by atoms with van der Waals surface area (Å²) in [6.07, 6.45) is 3.85. The molecule has 1 unspecified atom stereocenters. The normalized spacial score (nSPS) is 12.4. The van der Waals surface area contributed by atoms with Gasteiger partial charge in [0, 0.05) is 19.5 Å². The van der Waals surface area contributed by atoms with Crippen molar-refractivity contribution in [3.8, 4) is 0 Å². The highest BCUT2D eigenvalue weighted by Crippen LogP contribution is 2.17. The molecule has 2 aromatic rings. The SMILES string of the molecule is COCC(C)n1cc(C)nc1NCc1ncccc1C. The maximum Gasteiger partial charge on any atom is 0.203 e. The summed E-state index contributed by atoms with van der Waals surface area (Å²) in [6.45, 7) is 7.50. The number of aryl methyl sites for hydroxylation is 2. The summed E-state index contributed by atoms with van der Waals surface area (Å²) >= 11 is 0. The number of ether oxygens (including phenoxy) is 1. The average molecular weight is 274 g/mol. The van der Waals surface area contributed by atoms with Crippen LogP contribution in [0.25, 0.3) is 0 Å². The van der Waals surface area contributed by atoms with Gasteiger partial charge in [0.15, 0.2) is 0 Å². The Morgan fingerprint density at radius 1 is 1.40 bits per heavy atom. The topological polar surface area (TPSA) is 52.0 Å². The van der Waals surface area contributed by atoms with E-state index in [0.29, 0.717) is 13.2 Å². The first kappa shape index (κ1) is 14.5. The number of hydrogen-bond donors (Lipinski definition) is 1. The fraction of sp³-hybridized carbons (Fsp3) is 0.467. The van der Waals surface area contributed by atoms with Gasteiger partial charge in [-0.05, 0) is 32.4 Å². The van der Waals surface area contributed by atoms with Gasteiger partial charge in [0.05, 0.1) is 30.6 Å². The Labute approximate surface area is 120 Å². The van der Waals surface area contributed by atoms with Crippen molar-refractivity contribution < 1.29 is 4.74 Å². The van der Waals surface area contributed by atoms with Crippen LogP contribution in [-0.2, 0) is 11.3 Å². The van der Waals surface area contributed by atoms with Gasteiger partial charge in [0.1, 0.15) is 0 Å². The zero-order valence-electron chi connectivity index (χ0n) is 12.6. The molecule has 0 aromatic carbocycles. The van der Waals surface area contributed by atoms with Crippen LogP contribution in [0.1, 0.15) is 29.9 Å². The highest BCUT2D eigenvalue weighted by atomic mass is 16.5. The van der Waals surface area contributed by atoms with Crippen molar-refractivity contribution in [1.82, 2.24) is 14.5 Å². The molecule has 0 saturated carbocycles. The molecule has 0 bridgehead atoms. The Morgan fingerprint density at radius 3 is 2.90 bits per heavy atom. The fourth-order valence-corrected chi connectivity index (χ4v) is 2.17. The van der Waals surface area contributed by atoms with Gasteiger partial charge in [0.2, 0.25) is 5.95 Å². The molecule has 5 nitrogen and oxygen atoms in total. The van der Waals surface area contributed by atoms with Gasteiger partial charge in [-0.3, -0.25) is 4.98 Å². The standard InChI is InChI=1S/C15H22N4O/c1-11-6-5-7-16-14(11)8-17-15-18-12(2)9-19(15)13(3)10-20-4/h5-7,9,13H,8,10H2,1-4H3,(H,17,18). The molecule has 2 heterocycles. The summed E-state index contributed by atoms with van der Waals surface area (Å²) in [5.74, 6) is 0.858. The zero-order chi connectivity index (χ0) is 14.5. The van der Waals surface area contributed by atoms with E-state index in [1.807, 2.05) is 25.4 Å². The first-order chi connectivity index (χ1) is 9.61. The number of anilines is 1. The Bertz CT molecular complexity index is 565. The van der Waals surface area contributed by atoms with E-state index in [2.05, 4.69) is 39.8 Å². The molecule has 0 amide bonds. The Morgan fingerprint density at radius 2 is 2.20 bits per heavy atom. The maximum absolute atomic E-state index is 5.22. The van der Waals surface area contributed by atoms with E-state index in [4.69, 9.17) is 4.74 Å². The van der Waals surface area contributed by atoms with Crippen LogP contribution < -0.4 is 5.32 Å². The van der Waals surface area contributed by atoms with Crippen LogP contribution in [0, 0.1) is 13.8 Å². The van der Waals surface area contributed by atoms with E-state index >= 15 is 0 Å². The van der Waals surface area contributed by atoms with Gasteiger partial charge < -0.3 is 14.6 Å². The van der Waals surface area contributed by atoms with E-state index < -0.39 is 0 Å². The quantitative estimate of drug-likeness (QED) is 0.880. The highest BCUT2D eigenvalue weighted by molar-refractivity contribution is 5.32. The van der Waals surface area contributed by atoms with Crippen molar-refractivity contribution in [2.45, 2.75) is 33.4 Å². The summed E-state index contributed by atoms with van der Waals surface area (Å²) < 4.78 is 7.32. The van der Waals surface area contributed by atoms with Gasteiger partial charge in [0.25, 0.3) is 0 Å². The van der Waals surface area contributed by atoms with Crippen molar-refractivity contribution >= 4 is 5.95 Å². The summed E-state index contributed by atoms with van der Waals surface area (Å²) in [5, 5.41) is 3.36. The molecule has 0 radical (unpaired) electrons. The third kappa shape index (κ3) is 3.36. The van der Waals surface area contributed by atoms with E-state index in [0.717, 1.165) is 17.3 Å². The third-order valence-electron chi connectivity index (χ3n) is 3.27. The lowest BCUT2D eigenvalue weighted by Gasteiger charge is -2.16. The first-order valence-corrected chi connectivity index (χ1v) is 6.80. The zero-order valence-corrected chi connectivity index (χ0v) is 12.6. The van der Waals surface area contributed by atoms with E-state index in [-0.39, 0.29) is 6.04 Å². The first-order valence-electron chi connectivity index (χ1n) is 6.80. The second-order valence-electron chi connectivity index (χ2n) is 5.04. The Hall–Kier alpha value is -1.88. The van der Waals surface area contributed by atoms with E-state index in [1.54, 1.807) is 7.11 Å². The van der Waals surface area contributed by atoms with Crippen LogP contribution in [-0.4, -0.2) is 28.3 Å². The molecule has 2 aromatic heterocycles. The molecule has 0 saturated heterocycles. The van der Waals surface area contributed by atoms with Crippen LogP contribution in [0.5, 0.6) is 0 Å². The lowest BCUT2D eigenvalue weighted by molar-refractivity contribution is 0.163. The largest absolute Gasteiger partial charge is 0.383 e. The van der Waals surface area contributed by atoms with Crippen LogP contribution in [0.2, 0.25) is 0 Å². The molecule has 0 aliphatic rings. The lowest BCUT2D eigenvalue weighted by Crippen LogP contribution is -2.15. The smallest absolute Gasteiger partial charge is 0.203 e. The second-order valence-corrected chi connectivity index (χ2v) is 5.04. The van der Waals surface area contributed by atoms with E-state index in [9.17, 15) is 0 Å². The number of methoxy groups -OCH3 is 1. The van der Waals surface area contributed by atoms with Gasteiger partial charge >= 0.3 is 0 Å². The second kappa shape index (κ2) is 6.52. The predicted molar refractivity (Wildman–Crippen MR) is 79.9 cm³/mol. The molecule has 0 fully saturated rings. The van der Waals surface area contributed by atoms with Gasteiger partial charge in [-0.1, -0.05) is 6.07 Å². The van der Waals surface area contributed by atoms with Crippen LogP contribution >= 0.6 is 0 Å². The molecule has 0 aliphatic carbocycles. The van der Waals surface area contributed by atoms with Crippen LogP contribution in [0.3, 0.4) is 0 Å². The molecule has 0 spiro atoms. The summed E-state index contributed by atoms with van der Waals surface area (Å²) in [4.78, 5) is 8.91. The summed E-state index contributed by atoms with van der Waals surface area (Å²) in [7, 11) is 1.71. The van der Waals surface area contributed by atoms with Crippen molar-refractivity contribution in [3.05, 3.63) is 41.5 Å². The fourth-order valence-electron chi connectivity index (χ4n) is 2.17. The van der Waals surface area contributed by atoms with Crippen molar-refractivity contribution in [3.63, 3.8) is 0 Å². The average Bonchev–Trinajstić information content (AvgIpc) is 2.79. The molecular formula is C15H22N4O. The Balaban J connectivity index is 2.11. The maximum atomic E-state index is 5.22. The number of aromatic nitrogens is 3. The number of hydrogen-bond acceptors (Lipinski definition) is 4. The number of nitrogens with one attached hydrogen (secondary N) is 1. The predicted octanol–water partition coefficient (Wildman–Crippen LogP) is 2.71. The highest BCUT2D eigenvalue weighted by Gasteiger charge is 2.12.